The molecular weight excluding hydrogens is 392 g/mol. The minimum absolute atomic E-state index is 0.168. The Morgan fingerprint density at radius 1 is 1.11 bits per heavy atom. The number of nitrogens with one attached hydrogen (secondary N) is 1. The van der Waals surface area contributed by atoms with Gasteiger partial charge in [0.05, 0.1) is 6.04 Å². The summed E-state index contributed by atoms with van der Waals surface area (Å²) in [7, 11) is 0. The minimum Gasteiger partial charge on any atom is -0.457 e. The number of nitrogens with zero attached hydrogens (tertiary/aromatic N) is 1. The first kappa shape index (κ1) is 18.5. The summed E-state index contributed by atoms with van der Waals surface area (Å²) in [6.07, 6.45) is 1.67. The average molecular weight is 409 g/mol. The molecule has 2 aromatic carbocycles. The molecule has 4 nitrogen and oxygen atoms in total. The molecule has 0 bridgehead atoms. The summed E-state index contributed by atoms with van der Waals surface area (Å²) in [5, 5.41) is 4.02. The maximum atomic E-state index is 12.9. The number of rotatable bonds is 4. The number of amides is 1. The maximum absolute atomic E-state index is 12.9. The summed E-state index contributed by atoms with van der Waals surface area (Å²) in [5.41, 5.74) is 2.28. The van der Waals surface area contributed by atoms with E-state index in [9.17, 15) is 4.79 Å². The molecule has 1 atom stereocenters. The predicted octanol–water partition coefficient (Wildman–Crippen LogP) is 5.42. The van der Waals surface area contributed by atoms with E-state index in [1.807, 2.05) is 67.6 Å². The lowest BCUT2D eigenvalue weighted by atomic mass is 10.1. The van der Waals surface area contributed by atoms with Crippen molar-refractivity contribution >= 4 is 40.9 Å². The second kappa shape index (κ2) is 7.62. The highest BCUT2D eigenvalue weighted by atomic mass is 35.5. The summed E-state index contributed by atoms with van der Waals surface area (Å²) in [6.45, 7) is 1.95. The monoisotopic (exact) mass is 408 g/mol. The Morgan fingerprint density at radius 2 is 1.89 bits per heavy atom. The third-order valence-electron chi connectivity index (χ3n) is 4.60. The molecule has 6 heteroatoms. The van der Waals surface area contributed by atoms with Crippen LogP contribution in [0.2, 0.25) is 5.02 Å². The van der Waals surface area contributed by atoms with E-state index in [4.69, 9.17) is 28.2 Å². The first-order valence-electron chi connectivity index (χ1n) is 8.80. The molecule has 1 aromatic heterocycles. The molecule has 0 aliphatic carbocycles. The van der Waals surface area contributed by atoms with E-state index in [0.29, 0.717) is 27.4 Å². The van der Waals surface area contributed by atoms with Crippen molar-refractivity contribution in [2.45, 2.75) is 13.0 Å². The Balaban J connectivity index is 1.58. The van der Waals surface area contributed by atoms with Crippen LogP contribution in [-0.2, 0) is 4.79 Å². The van der Waals surface area contributed by atoms with Gasteiger partial charge in [-0.05, 0) is 49.0 Å². The topological polar surface area (TPSA) is 45.5 Å². The van der Waals surface area contributed by atoms with Crippen LogP contribution in [0.5, 0.6) is 0 Å². The molecule has 1 fully saturated rings. The van der Waals surface area contributed by atoms with E-state index in [1.54, 1.807) is 17.0 Å². The van der Waals surface area contributed by atoms with Gasteiger partial charge < -0.3 is 9.73 Å². The van der Waals surface area contributed by atoms with E-state index in [-0.39, 0.29) is 11.9 Å². The third kappa shape index (κ3) is 3.59. The zero-order chi connectivity index (χ0) is 19.7. The molecule has 1 aliphatic rings. The second-order valence-corrected chi connectivity index (χ2v) is 7.29. The fraction of sp³-hybridized carbons (Fsp3) is 0.0909. The van der Waals surface area contributed by atoms with Crippen LogP contribution in [0.4, 0.5) is 0 Å². The standard InChI is InChI=1S/C22H17ClN2O2S/c1-14(15-6-3-2-4-7-15)25-21(26)19(24-22(25)28)13-18-10-11-20(27-18)16-8-5-9-17(23)12-16/h2-14H,1H3,(H,24,28)/b19-13-. The van der Waals surface area contributed by atoms with Gasteiger partial charge in [-0.3, -0.25) is 9.69 Å². The minimum atomic E-state index is -0.179. The fourth-order valence-electron chi connectivity index (χ4n) is 3.15. The first-order valence-corrected chi connectivity index (χ1v) is 9.58. The van der Waals surface area contributed by atoms with Gasteiger partial charge in [-0.2, -0.15) is 0 Å². The highest BCUT2D eigenvalue weighted by Gasteiger charge is 2.35. The number of benzene rings is 2. The van der Waals surface area contributed by atoms with Crippen LogP contribution in [0.15, 0.2) is 76.8 Å². The van der Waals surface area contributed by atoms with Gasteiger partial charge in [0, 0.05) is 16.7 Å². The molecule has 1 amide bonds. The van der Waals surface area contributed by atoms with Crippen molar-refractivity contribution in [3.8, 4) is 11.3 Å². The van der Waals surface area contributed by atoms with E-state index >= 15 is 0 Å². The third-order valence-corrected chi connectivity index (χ3v) is 5.14. The number of hydrogen-bond acceptors (Lipinski definition) is 3. The van der Waals surface area contributed by atoms with Crippen molar-refractivity contribution < 1.29 is 9.21 Å². The smallest absolute Gasteiger partial charge is 0.277 e. The number of carbonyl (C=O) groups is 1. The lowest BCUT2D eigenvalue weighted by molar-refractivity contribution is -0.123. The van der Waals surface area contributed by atoms with Crippen LogP contribution < -0.4 is 5.32 Å². The molecule has 2 heterocycles. The molecule has 0 radical (unpaired) electrons. The molecule has 1 aliphatic heterocycles. The highest BCUT2D eigenvalue weighted by Crippen LogP contribution is 2.28. The van der Waals surface area contributed by atoms with Crippen molar-refractivity contribution in [2.24, 2.45) is 0 Å². The van der Waals surface area contributed by atoms with Gasteiger partial charge in [0.1, 0.15) is 17.2 Å². The number of thiocarbonyl (C=S) groups is 1. The number of furan rings is 1. The van der Waals surface area contributed by atoms with E-state index in [0.717, 1.165) is 11.1 Å². The summed E-state index contributed by atoms with van der Waals surface area (Å²) in [5.74, 6) is 1.06. The zero-order valence-electron chi connectivity index (χ0n) is 15.1. The molecule has 0 spiro atoms. The Morgan fingerprint density at radius 3 is 2.64 bits per heavy atom. The van der Waals surface area contributed by atoms with Gasteiger partial charge in [0.15, 0.2) is 5.11 Å². The largest absolute Gasteiger partial charge is 0.457 e. The van der Waals surface area contributed by atoms with Crippen LogP contribution in [0.25, 0.3) is 17.4 Å². The van der Waals surface area contributed by atoms with Crippen molar-refractivity contribution in [2.75, 3.05) is 0 Å². The second-order valence-electron chi connectivity index (χ2n) is 6.46. The summed E-state index contributed by atoms with van der Waals surface area (Å²) in [4.78, 5) is 14.5. The van der Waals surface area contributed by atoms with Crippen LogP contribution in [-0.4, -0.2) is 15.9 Å². The first-order chi connectivity index (χ1) is 13.5. The lowest BCUT2D eigenvalue weighted by Crippen LogP contribution is -2.33. The van der Waals surface area contributed by atoms with Gasteiger partial charge in [-0.25, -0.2) is 0 Å². The van der Waals surface area contributed by atoms with E-state index in [2.05, 4.69) is 5.32 Å². The van der Waals surface area contributed by atoms with Crippen LogP contribution in [0, 0.1) is 0 Å². The Labute approximate surface area is 173 Å². The van der Waals surface area contributed by atoms with Gasteiger partial charge in [0.25, 0.3) is 5.91 Å². The summed E-state index contributed by atoms with van der Waals surface area (Å²) < 4.78 is 5.86. The summed E-state index contributed by atoms with van der Waals surface area (Å²) in [6, 6.07) is 20.7. The molecule has 140 valence electrons. The molecule has 0 saturated carbocycles. The highest BCUT2D eigenvalue weighted by molar-refractivity contribution is 7.80. The van der Waals surface area contributed by atoms with Crippen molar-refractivity contribution in [3.05, 3.63) is 88.8 Å². The molecule has 3 aromatic rings. The van der Waals surface area contributed by atoms with Crippen molar-refractivity contribution in [3.63, 3.8) is 0 Å². The van der Waals surface area contributed by atoms with Gasteiger partial charge in [-0.1, -0.05) is 54.1 Å². The predicted molar refractivity (Wildman–Crippen MR) is 115 cm³/mol. The van der Waals surface area contributed by atoms with Gasteiger partial charge in [0.2, 0.25) is 0 Å². The Hall–Kier alpha value is -2.89. The molecule has 1 saturated heterocycles. The average Bonchev–Trinajstić information content (AvgIpc) is 3.27. The fourth-order valence-corrected chi connectivity index (χ4v) is 3.69. The van der Waals surface area contributed by atoms with Crippen LogP contribution in [0.1, 0.15) is 24.3 Å². The van der Waals surface area contributed by atoms with Gasteiger partial charge >= 0.3 is 0 Å². The molecule has 28 heavy (non-hydrogen) atoms. The summed E-state index contributed by atoms with van der Waals surface area (Å²) >= 11 is 11.4. The number of halogens is 1. The Kier molecular flexibility index (Phi) is 5.03. The number of hydrogen-bond donors (Lipinski definition) is 1. The quantitative estimate of drug-likeness (QED) is 0.462. The zero-order valence-corrected chi connectivity index (χ0v) is 16.6. The lowest BCUT2D eigenvalue weighted by Gasteiger charge is -2.23. The molecular formula is C22H17ClN2O2S. The van der Waals surface area contributed by atoms with E-state index in [1.165, 1.54) is 0 Å². The van der Waals surface area contributed by atoms with Crippen molar-refractivity contribution in [1.82, 2.24) is 10.2 Å². The molecule has 1 unspecified atom stereocenters. The SMILES string of the molecule is CC(c1ccccc1)N1C(=O)/C(=C/c2ccc(-c3cccc(Cl)c3)o2)NC1=S. The van der Waals surface area contributed by atoms with Crippen LogP contribution in [0.3, 0.4) is 0 Å². The van der Waals surface area contributed by atoms with Crippen molar-refractivity contribution in [1.29, 1.82) is 0 Å². The van der Waals surface area contributed by atoms with E-state index < -0.39 is 0 Å². The van der Waals surface area contributed by atoms with Gasteiger partial charge in [-0.15, -0.1) is 0 Å². The van der Waals surface area contributed by atoms with Crippen LogP contribution >= 0.6 is 23.8 Å². The number of carbonyl (C=O) groups excluding carboxylic acids is 1. The normalized spacial score (nSPS) is 16.5. The maximum Gasteiger partial charge on any atom is 0.277 e. The molecule has 1 N–H and O–H groups in total. The Bertz CT molecular complexity index is 1070. The molecule has 4 rings (SSSR count).